The quantitative estimate of drug-likeness (QED) is 0.493. The van der Waals surface area contributed by atoms with E-state index in [1.807, 2.05) is 30.3 Å². The minimum absolute atomic E-state index is 0.107. The van der Waals surface area contributed by atoms with E-state index in [1.54, 1.807) is 41.9 Å². The van der Waals surface area contributed by atoms with Crippen LogP contribution in [0.15, 0.2) is 81.6 Å². The fourth-order valence-corrected chi connectivity index (χ4v) is 4.71. The number of rotatable bonds is 6. The van der Waals surface area contributed by atoms with Crippen LogP contribution in [0.2, 0.25) is 0 Å². The molecule has 136 valence electrons. The van der Waals surface area contributed by atoms with E-state index in [4.69, 9.17) is 4.42 Å². The molecular weight excluding hydrogens is 384 g/mol. The van der Waals surface area contributed by atoms with Gasteiger partial charge in [0.15, 0.2) is 5.13 Å². The zero-order chi connectivity index (χ0) is 18.7. The molecule has 2 heterocycles. The molecule has 0 radical (unpaired) electrons. The molecule has 2 aromatic carbocycles. The molecule has 4 aromatic rings. The van der Waals surface area contributed by atoms with Gasteiger partial charge in [0, 0.05) is 17.1 Å². The van der Waals surface area contributed by atoms with Gasteiger partial charge in [-0.05, 0) is 24.3 Å². The maximum Gasteiger partial charge on any atom is 0.266 e. The van der Waals surface area contributed by atoms with Gasteiger partial charge in [-0.25, -0.2) is 17.7 Å². The first-order valence-electron chi connectivity index (χ1n) is 8.00. The number of aromatic nitrogens is 3. The lowest BCUT2D eigenvalue weighted by Crippen LogP contribution is -2.30. The SMILES string of the molecule is O=S(=O)(c1ccccc1)N(Cc1nnc(-c2ccccc2)o1)c1nccs1. The van der Waals surface area contributed by atoms with Crippen LogP contribution in [-0.4, -0.2) is 23.6 Å². The van der Waals surface area contributed by atoms with Crippen molar-refractivity contribution in [1.82, 2.24) is 15.2 Å². The molecule has 4 rings (SSSR count). The third kappa shape index (κ3) is 3.60. The molecule has 9 heteroatoms. The van der Waals surface area contributed by atoms with Gasteiger partial charge in [0.2, 0.25) is 11.8 Å². The van der Waals surface area contributed by atoms with E-state index in [0.717, 1.165) is 5.56 Å². The second-order valence-corrected chi connectivity index (χ2v) is 8.24. The van der Waals surface area contributed by atoms with Crippen molar-refractivity contribution in [2.45, 2.75) is 11.4 Å². The Balaban J connectivity index is 1.69. The highest BCUT2D eigenvalue weighted by atomic mass is 32.2. The Labute approximate surface area is 160 Å². The Morgan fingerprint density at radius 2 is 1.67 bits per heavy atom. The summed E-state index contributed by atoms with van der Waals surface area (Å²) in [6.45, 7) is -0.107. The molecule has 0 amide bonds. The summed E-state index contributed by atoms with van der Waals surface area (Å²) < 4.78 is 33.1. The third-order valence-electron chi connectivity index (χ3n) is 3.73. The van der Waals surface area contributed by atoms with E-state index >= 15 is 0 Å². The van der Waals surface area contributed by atoms with Crippen LogP contribution in [0.25, 0.3) is 11.5 Å². The summed E-state index contributed by atoms with van der Waals surface area (Å²) in [4.78, 5) is 4.31. The second kappa shape index (κ2) is 7.29. The maximum atomic E-state index is 13.1. The zero-order valence-electron chi connectivity index (χ0n) is 14.0. The first kappa shape index (κ1) is 17.4. The summed E-state index contributed by atoms with van der Waals surface area (Å²) in [5.74, 6) is 0.519. The van der Waals surface area contributed by atoms with Crippen molar-refractivity contribution in [3.63, 3.8) is 0 Å². The molecule has 27 heavy (non-hydrogen) atoms. The molecule has 0 unspecified atom stereocenters. The van der Waals surface area contributed by atoms with Gasteiger partial charge < -0.3 is 4.42 Å². The molecule has 0 bridgehead atoms. The lowest BCUT2D eigenvalue weighted by molar-refractivity contribution is 0.504. The van der Waals surface area contributed by atoms with Gasteiger partial charge in [0.05, 0.1) is 4.90 Å². The molecule has 0 spiro atoms. The fraction of sp³-hybridized carbons (Fsp3) is 0.0556. The predicted octanol–water partition coefficient (Wildman–Crippen LogP) is 3.59. The van der Waals surface area contributed by atoms with Crippen LogP contribution < -0.4 is 4.31 Å². The number of hydrogen-bond acceptors (Lipinski definition) is 7. The van der Waals surface area contributed by atoms with Gasteiger partial charge in [-0.15, -0.1) is 21.5 Å². The molecule has 0 aliphatic carbocycles. The molecule has 0 saturated carbocycles. The number of nitrogens with zero attached hydrogens (tertiary/aromatic N) is 4. The first-order valence-corrected chi connectivity index (χ1v) is 10.3. The third-order valence-corrected chi connectivity index (χ3v) is 6.39. The molecule has 0 fully saturated rings. The minimum atomic E-state index is -3.82. The van der Waals surface area contributed by atoms with Crippen LogP contribution in [0.3, 0.4) is 0 Å². The maximum absolute atomic E-state index is 13.1. The van der Waals surface area contributed by atoms with Crippen LogP contribution in [0, 0.1) is 0 Å². The van der Waals surface area contributed by atoms with Crippen molar-refractivity contribution in [3.05, 3.63) is 78.1 Å². The summed E-state index contributed by atoms with van der Waals surface area (Å²) in [5.41, 5.74) is 0.767. The summed E-state index contributed by atoms with van der Waals surface area (Å²) >= 11 is 1.22. The van der Waals surface area contributed by atoms with Gasteiger partial charge in [-0.1, -0.05) is 36.4 Å². The van der Waals surface area contributed by atoms with Gasteiger partial charge in [0.1, 0.15) is 6.54 Å². The van der Waals surface area contributed by atoms with Crippen molar-refractivity contribution in [3.8, 4) is 11.5 Å². The Hall–Kier alpha value is -3.04. The lowest BCUT2D eigenvalue weighted by Gasteiger charge is -2.19. The van der Waals surface area contributed by atoms with Crippen molar-refractivity contribution in [2.75, 3.05) is 4.31 Å². The normalized spacial score (nSPS) is 11.4. The Morgan fingerprint density at radius 1 is 0.963 bits per heavy atom. The number of sulfonamides is 1. The largest absolute Gasteiger partial charge is 0.419 e. The average Bonchev–Trinajstić information content (AvgIpc) is 3.39. The standard InChI is InChI=1S/C18H14N4O3S2/c23-27(24,15-9-5-2-6-10-15)22(18-19-11-12-26-18)13-16-20-21-17(25-16)14-7-3-1-4-8-14/h1-12H,13H2. The van der Waals surface area contributed by atoms with Gasteiger partial charge in [0.25, 0.3) is 10.0 Å². The predicted molar refractivity (Wildman–Crippen MR) is 102 cm³/mol. The molecule has 0 saturated heterocycles. The molecule has 0 aliphatic rings. The highest BCUT2D eigenvalue weighted by molar-refractivity contribution is 7.93. The van der Waals surface area contributed by atoms with Crippen molar-refractivity contribution in [2.24, 2.45) is 0 Å². The minimum Gasteiger partial charge on any atom is -0.419 e. The van der Waals surface area contributed by atoms with E-state index < -0.39 is 10.0 Å². The van der Waals surface area contributed by atoms with Gasteiger partial charge in [-0.2, -0.15) is 0 Å². The summed E-state index contributed by atoms with van der Waals surface area (Å²) in [6, 6.07) is 17.5. The number of thiazole rings is 1. The monoisotopic (exact) mass is 398 g/mol. The van der Waals surface area contributed by atoms with Crippen LogP contribution in [0.5, 0.6) is 0 Å². The Bertz CT molecular complexity index is 1110. The average molecular weight is 398 g/mol. The van der Waals surface area contributed by atoms with E-state index in [9.17, 15) is 8.42 Å². The highest BCUT2D eigenvalue weighted by Gasteiger charge is 2.28. The zero-order valence-corrected chi connectivity index (χ0v) is 15.6. The summed E-state index contributed by atoms with van der Waals surface area (Å²) in [7, 11) is -3.82. The van der Waals surface area contributed by atoms with Crippen molar-refractivity contribution >= 4 is 26.5 Å². The smallest absolute Gasteiger partial charge is 0.266 e. The fourth-order valence-electron chi connectivity index (χ4n) is 2.45. The van der Waals surface area contributed by atoms with Gasteiger partial charge >= 0.3 is 0 Å². The lowest BCUT2D eigenvalue weighted by atomic mass is 10.2. The van der Waals surface area contributed by atoms with E-state index in [2.05, 4.69) is 15.2 Å². The summed E-state index contributed by atoms with van der Waals surface area (Å²) in [6.07, 6.45) is 1.55. The van der Waals surface area contributed by atoms with Crippen LogP contribution in [-0.2, 0) is 16.6 Å². The topological polar surface area (TPSA) is 89.2 Å². The molecule has 2 aromatic heterocycles. The van der Waals surface area contributed by atoms with Crippen LogP contribution >= 0.6 is 11.3 Å². The molecule has 0 N–H and O–H groups in total. The van der Waals surface area contributed by atoms with Crippen LogP contribution in [0.4, 0.5) is 5.13 Å². The molecule has 0 aliphatic heterocycles. The Morgan fingerprint density at radius 3 is 2.33 bits per heavy atom. The van der Waals surface area contributed by atoms with Crippen molar-refractivity contribution in [1.29, 1.82) is 0 Å². The Kier molecular flexibility index (Phi) is 4.69. The second-order valence-electron chi connectivity index (χ2n) is 5.51. The number of hydrogen-bond donors (Lipinski definition) is 0. The summed E-state index contributed by atoms with van der Waals surface area (Å²) in [5, 5.41) is 10.1. The first-order chi connectivity index (χ1) is 13.1. The highest BCUT2D eigenvalue weighted by Crippen LogP contribution is 2.28. The van der Waals surface area contributed by atoms with E-state index in [1.165, 1.54) is 15.6 Å². The molecular formula is C18H14N4O3S2. The number of benzene rings is 2. The van der Waals surface area contributed by atoms with Crippen LogP contribution in [0.1, 0.15) is 5.89 Å². The van der Waals surface area contributed by atoms with E-state index in [0.29, 0.717) is 11.0 Å². The van der Waals surface area contributed by atoms with E-state index in [-0.39, 0.29) is 17.3 Å². The number of anilines is 1. The molecule has 0 atom stereocenters. The molecule has 7 nitrogen and oxygen atoms in total. The van der Waals surface area contributed by atoms with Crippen molar-refractivity contribution < 1.29 is 12.8 Å². The van der Waals surface area contributed by atoms with Gasteiger partial charge in [-0.3, -0.25) is 0 Å².